The Morgan fingerprint density at radius 2 is 2.15 bits per heavy atom. The summed E-state index contributed by atoms with van der Waals surface area (Å²) in [6, 6.07) is 0. The summed E-state index contributed by atoms with van der Waals surface area (Å²) in [5.74, 6) is -1.51. The molecule has 1 aromatic carbocycles. The molecule has 172 valence electrons. The zero-order valence-corrected chi connectivity index (χ0v) is 18.4. The van der Waals surface area contributed by atoms with Gasteiger partial charge in [-0.1, -0.05) is 11.6 Å². The number of alkyl halides is 1. The minimum Gasteiger partial charge on any atom is -0.394 e. The van der Waals surface area contributed by atoms with E-state index in [1.165, 1.54) is 12.4 Å². The molecule has 1 fully saturated rings. The van der Waals surface area contributed by atoms with Crippen molar-refractivity contribution in [2.75, 3.05) is 17.2 Å². The lowest BCUT2D eigenvalue weighted by Gasteiger charge is -2.26. The number of aromatic nitrogens is 5. The number of carbonyl (C=O) groups excluding carboxylic acids is 1. The van der Waals surface area contributed by atoms with Crippen LogP contribution in [0.2, 0.25) is 5.02 Å². The number of fused-ring (bicyclic) bond motifs is 2. The number of anilines is 2. The van der Waals surface area contributed by atoms with E-state index in [9.17, 15) is 14.3 Å². The monoisotopic (exact) mass is 475 g/mol. The zero-order valence-electron chi connectivity index (χ0n) is 17.7. The highest BCUT2D eigenvalue weighted by Gasteiger charge is 2.43. The number of aromatic amines is 1. The average Bonchev–Trinajstić information content (AvgIpc) is 3.15. The third-order valence-corrected chi connectivity index (χ3v) is 5.90. The average molecular weight is 476 g/mol. The molecular weight excluding hydrogens is 456 g/mol. The largest absolute Gasteiger partial charge is 0.394 e. The first-order valence-electron chi connectivity index (χ1n) is 10.2. The van der Waals surface area contributed by atoms with Gasteiger partial charge in [0.05, 0.1) is 58.6 Å². The highest BCUT2D eigenvalue weighted by Crippen LogP contribution is 2.41. The van der Waals surface area contributed by atoms with E-state index in [4.69, 9.17) is 11.6 Å². The summed E-state index contributed by atoms with van der Waals surface area (Å²) in [6.45, 7) is 3.21. The molecule has 4 N–H and O–H groups in total. The summed E-state index contributed by atoms with van der Waals surface area (Å²) >= 11 is 6.44. The van der Waals surface area contributed by atoms with Crippen molar-refractivity contribution in [3.8, 4) is 11.3 Å². The number of hydrogen-bond acceptors (Lipinski definition) is 6. The highest BCUT2D eigenvalue weighted by atomic mass is 35.5. The maximum Gasteiger partial charge on any atom is 0.231 e. The van der Waals surface area contributed by atoms with Gasteiger partial charge < -0.3 is 20.1 Å². The van der Waals surface area contributed by atoms with Crippen molar-refractivity contribution >= 4 is 45.6 Å². The number of nitrogens with one attached hydrogen (secondary N) is 3. The summed E-state index contributed by atoms with van der Waals surface area (Å²) in [5, 5.41) is 22.3. The van der Waals surface area contributed by atoms with E-state index in [1.807, 2.05) is 0 Å². The van der Waals surface area contributed by atoms with Crippen LogP contribution < -0.4 is 10.6 Å². The van der Waals surface area contributed by atoms with Gasteiger partial charge >= 0.3 is 0 Å². The third-order valence-electron chi connectivity index (χ3n) is 5.55. The number of aliphatic hydroxyl groups excluding tert-OH is 1. The Balaban J connectivity index is 1.56. The van der Waals surface area contributed by atoms with E-state index in [1.54, 1.807) is 30.6 Å². The van der Waals surface area contributed by atoms with Crippen LogP contribution in [0, 0.1) is 11.7 Å². The van der Waals surface area contributed by atoms with E-state index in [0.717, 1.165) is 0 Å². The maximum absolute atomic E-state index is 15.3. The van der Waals surface area contributed by atoms with E-state index in [-0.39, 0.29) is 29.6 Å². The van der Waals surface area contributed by atoms with E-state index < -0.39 is 29.4 Å². The molecule has 5 rings (SSSR count). The number of halogens is 3. The molecule has 2 atom stereocenters. The highest BCUT2D eigenvalue weighted by molar-refractivity contribution is 6.35. The Morgan fingerprint density at radius 3 is 2.85 bits per heavy atom. The standard InChI is InChI=1S/C21H20ClF2N7O2/c1-21(2,8-32)29-19-17(24)16(22)15(10-4-26-30-18(10)19)12-6-31-7-13(27-14(31)5-25-12)28-20(33)9-3-11(9)23/h4-7,9,11,29,32H,3,8H2,1-2H3,(H,26,30)(H,28,33)/t9-,11+/m1/s1. The summed E-state index contributed by atoms with van der Waals surface area (Å²) in [4.78, 5) is 20.6. The van der Waals surface area contributed by atoms with Crippen LogP contribution in [0.1, 0.15) is 20.3 Å². The summed E-state index contributed by atoms with van der Waals surface area (Å²) < 4.78 is 30.1. The summed E-state index contributed by atoms with van der Waals surface area (Å²) in [7, 11) is 0. The molecule has 12 heteroatoms. The maximum atomic E-state index is 15.3. The van der Waals surface area contributed by atoms with Crippen molar-refractivity contribution in [3.05, 3.63) is 35.6 Å². The topological polar surface area (TPSA) is 120 Å². The Labute approximate surface area is 191 Å². The number of benzene rings is 1. The van der Waals surface area contributed by atoms with Crippen LogP contribution >= 0.6 is 11.6 Å². The van der Waals surface area contributed by atoms with Gasteiger partial charge in [0, 0.05) is 17.1 Å². The third kappa shape index (κ3) is 3.76. The molecule has 0 bridgehead atoms. The van der Waals surface area contributed by atoms with Crippen LogP contribution in [0.15, 0.2) is 24.8 Å². The fourth-order valence-corrected chi connectivity index (χ4v) is 3.90. The molecule has 0 aliphatic heterocycles. The van der Waals surface area contributed by atoms with Gasteiger partial charge in [-0.2, -0.15) is 5.10 Å². The molecule has 4 aromatic rings. The molecule has 0 saturated heterocycles. The van der Waals surface area contributed by atoms with Gasteiger partial charge in [-0.3, -0.25) is 14.9 Å². The fraction of sp³-hybridized carbons (Fsp3) is 0.333. The molecule has 1 aliphatic rings. The molecule has 0 spiro atoms. The molecule has 3 heterocycles. The van der Waals surface area contributed by atoms with E-state index in [2.05, 4.69) is 30.8 Å². The van der Waals surface area contributed by atoms with Crippen LogP contribution in [0.5, 0.6) is 0 Å². The van der Waals surface area contributed by atoms with Gasteiger partial charge in [-0.25, -0.2) is 13.8 Å². The molecule has 1 saturated carbocycles. The normalized spacial score (nSPS) is 18.1. The number of aliphatic hydroxyl groups is 1. The smallest absolute Gasteiger partial charge is 0.231 e. The molecular formula is C21H20ClF2N7O2. The SMILES string of the molecule is CC(C)(CO)Nc1c(F)c(Cl)c(-c2cn3cc(NC(=O)[C@@H]4C[C@@H]4F)nc3cn2)c2cn[nH]c12. The number of hydrogen-bond donors (Lipinski definition) is 4. The number of imidazole rings is 1. The lowest BCUT2D eigenvalue weighted by molar-refractivity contribution is -0.117. The first-order chi connectivity index (χ1) is 15.7. The number of H-pyrrole nitrogens is 1. The Bertz CT molecular complexity index is 1400. The Kier molecular flexibility index (Phi) is 4.98. The minimum absolute atomic E-state index is 0.0928. The van der Waals surface area contributed by atoms with E-state index in [0.29, 0.717) is 27.8 Å². The Hall–Kier alpha value is -3.31. The van der Waals surface area contributed by atoms with Crippen LogP contribution in [-0.4, -0.2) is 53.9 Å². The van der Waals surface area contributed by atoms with Crippen molar-refractivity contribution in [2.24, 2.45) is 5.92 Å². The van der Waals surface area contributed by atoms with Gasteiger partial charge in [0.2, 0.25) is 5.91 Å². The summed E-state index contributed by atoms with van der Waals surface area (Å²) in [5.41, 5.74) is 0.775. The van der Waals surface area contributed by atoms with Gasteiger partial charge in [0.25, 0.3) is 0 Å². The van der Waals surface area contributed by atoms with Gasteiger partial charge in [-0.05, 0) is 20.3 Å². The number of amides is 1. The number of carbonyl (C=O) groups is 1. The molecule has 0 radical (unpaired) electrons. The zero-order chi connectivity index (χ0) is 23.5. The lowest BCUT2D eigenvalue weighted by Crippen LogP contribution is -2.35. The predicted octanol–water partition coefficient (Wildman–Crippen LogP) is 3.54. The second kappa shape index (κ2) is 7.63. The second-order valence-corrected chi connectivity index (χ2v) is 9.09. The quantitative estimate of drug-likeness (QED) is 0.338. The molecule has 0 unspecified atom stereocenters. The lowest BCUT2D eigenvalue weighted by atomic mass is 10.0. The van der Waals surface area contributed by atoms with Crippen LogP contribution in [0.25, 0.3) is 27.8 Å². The van der Waals surface area contributed by atoms with Crippen molar-refractivity contribution in [2.45, 2.75) is 32.0 Å². The van der Waals surface area contributed by atoms with Gasteiger partial charge in [0.1, 0.15) is 6.17 Å². The summed E-state index contributed by atoms with van der Waals surface area (Å²) in [6.07, 6.45) is 5.25. The van der Waals surface area contributed by atoms with Crippen LogP contribution in [-0.2, 0) is 4.79 Å². The predicted molar refractivity (Wildman–Crippen MR) is 119 cm³/mol. The van der Waals surface area contributed by atoms with Crippen LogP contribution in [0.3, 0.4) is 0 Å². The second-order valence-electron chi connectivity index (χ2n) is 8.72. The Morgan fingerprint density at radius 1 is 1.39 bits per heavy atom. The first kappa shape index (κ1) is 21.5. The first-order valence-corrected chi connectivity index (χ1v) is 10.6. The van der Waals surface area contributed by atoms with Crippen molar-refractivity contribution in [3.63, 3.8) is 0 Å². The molecule has 33 heavy (non-hydrogen) atoms. The van der Waals surface area contributed by atoms with Gasteiger partial charge in [-0.15, -0.1) is 0 Å². The molecule has 9 nitrogen and oxygen atoms in total. The van der Waals surface area contributed by atoms with Crippen molar-refractivity contribution < 1.29 is 18.7 Å². The fourth-order valence-electron chi connectivity index (χ4n) is 3.60. The van der Waals surface area contributed by atoms with Crippen molar-refractivity contribution in [1.82, 2.24) is 24.6 Å². The van der Waals surface area contributed by atoms with E-state index >= 15 is 4.39 Å². The molecule has 1 amide bonds. The number of nitrogens with zero attached hydrogens (tertiary/aromatic N) is 4. The number of rotatable bonds is 6. The van der Waals surface area contributed by atoms with Crippen LogP contribution in [0.4, 0.5) is 20.3 Å². The molecule has 1 aliphatic carbocycles. The molecule has 3 aromatic heterocycles. The van der Waals surface area contributed by atoms with Crippen molar-refractivity contribution in [1.29, 1.82) is 0 Å². The minimum atomic E-state index is -1.11. The van der Waals surface area contributed by atoms with Gasteiger partial charge in [0.15, 0.2) is 17.3 Å².